The molecule has 4 rings (SSSR count). The van der Waals surface area contributed by atoms with Crippen molar-refractivity contribution in [2.45, 2.75) is 33.6 Å². The van der Waals surface area contributed by atoms with Crippen molar-refractivity contribution in [1.29, 1.82) is 0 Å². The van der Waals surface area contributed by atoms with Crippen LogP contribution in [-0.2, 0) is 24.5 Å². The quantitative estimate of drug-likeness (QED) is 0.447. The van der Waals surface area contributed by atoms with Crippen LogP contribution in [0, 0.1) is 19.7 Å². The number of benzene rings is 3. The lowest BCUT2D eigenvalue weighted by Gasteiger charge is -2.10. The number of rotatable bonds is 7. The number of fused-ring (bicyclic) bond motifs is 1. The minimum absolute atomic E-state index is 0.182. The molecule has 5 nitrogen and oxygen atoms in total. The van der Waals surface area contributed by atoms with E-state index in [0.29, 0.717) is 42.2 Å². The molecule has 0 bridgehead atoms. The van der Waals surface area contributed by atoms with Crippen LogP contribution in [-0.4, -0.2) is 15.9 Å². The zero-order valence-corrected chi connectivity index (χ0v) is 18.1. The monoisotopic (exact) mass is 429 g/mol. The van der Waals surface area contributed by atoms with Crippen LogP contribution in [0.4, 0.5) is 4.39 Å². The Labute approximate surface area is 186 Å². The summed E-state index contributed by atoms with van der Waals surface area (Å²) in [5.74, 6) is -0.901. The lowest BCUT2D eigenvalue weighted by molar-refractivity contribution is 0.0952. The smallest absolute Gasteiger partial charge is 0.253 e. The number of hydrogen-bond donors (Lipinski definition) is 1. The first-order chi connectivity index (χ1) is 15.5. The van der Waals surface area contributed by atoms with E-state index in [9.17, 15) is 9.18 Å². The molecular formula is C26H24FN3O2. The van der Waals surface area contributed by atoms with Gasteiger partial charge in [-0.15, -0.1) is 0 Å². The van der Waals surface area contributed by atoms with E-state index >= 15 is 0 Å². The fourth-order valence-corrected chi connectivity index (χ4v) is 3.36. The Balaban J connectivity index is 1.37. The Bertz CT molecular complexity index is 1240. The predicted octanol–water partition coefficient (Wildman–Crippen LogP) is 5.03. The molecule has 0 spiro atoms. The van der Waals surface area contributed by atoms with Gasteiger partial charge in [0.05, 0.1) is 35.7 Å². The molecule has 162 valence electrons. The largest absolute Gasteiger partial charge is 0.372 e. The molecule has 0 fully saturated rings. The molecular weight excluding hydrogens is 405 g/mol. The normalized spacial score (nSPS) is 11.0. The first kappa shape index (κ1) is 21.6. The van der Waals surface area contributed by atoms with Crippen molar-refractivity contribution in [3.8, 4) is 0 Å². The first-order valence-corrected chi connectivity index (χ1v) is 10.4. The molecule has 0 radical (unpaired) electrons. The van der Waals surface area contributed by atoms with Crippen molar-refractivity contribution in [2.24, 2.45) is 0 Å². The molecule has 0 saturated carbocycles. The standard InChI is InChI=1S/C26H24FN3O2/c1-17-18(2)30-25-23(12-22(27)13-24(25)29-17)26(31)28-14-19-8-10-21(11-9-19)16-32-15-20-6-4-3-5-7-20/h3-13H,14-16H2,1-2H3,(H,28,31). The highest BCUT2D eigenvalue weighted by atomic mass is 19.1. The van der Waals surface area contributed by atoms with Crippen LogP contribution in [0.3, 0.4) is 0 Å². The molecule has 1 aromatic heterocycles. The van der Waals surface area contributed by atoms with Crippen molar-refractivity contribution >= 4 is 16.9 Å². The van der Waals surface area contributed by atoms with E-state index in [0.717, 1.165) is 16.7 Å². The van der Waals surface area contributed by atoms with E-state index in [2.05, 4.69) is 15.3 Å². The van der Waals surface area contributed by atoms with E-state index in [4.69, 9.17) is 4.74 Å². The fraction of sp³-hybridized carbons (Fsp3) is 0.192. The Morgan fingerprint density at radius 3 is 2.22 bits per heavy atom. The molecule has 1 amide bonds. The predicted molar refractivity (Wildman–Crippen MR) is 122 cm³/mol. The molecule has 0 saturated heterocycles. The third kappa shape index (κ3) is 5.15. The number of carbonyl (C=O) groups excluding carboxylic acids is 1. The Hall–Kier alpha value is -3.64. The average Bonchev–Trinajstić information content (AvgIpc) is 2.79. The van der Waals surface area contributed by atoms with Gasteiger partial charge >= 0.3 is 0 Å². The molecule has 1 N–H and O–H groups in total. The number of nitrogens with one attached hydrogen (secondary N) is 1. The summed E-state index contributed by atoms with van der Waals surface area (Å²) in [6.07, 6.45) is 0. The third-order valence-electron chi connectivity index (χ3n) is 5.25. The van der Waals surface area contributed by atoms with E-state index in [1.807, 2.05) is 68.4 Å². The van der Waals surface area contributed by atoms with Gasteiger partial charge in [-0.2, -0.15) is 0 Å². The van der Waals surface area contributed by atoms with Crippen molar-refractivity contribution in [2.75, 3.05) is 0 Å². The maximum absolute atomic E-state index is 14.0. The van der Waals surface area contributed by atoms with Crippen LogP contribution in [0.2, 0.25) is 0 Å². The fourth-order valence-electron chi connectivity index (χ4n) is 3.36. The van der Waals surface area contributed by atoms with Gasteiger partial charge in [-0.25, -0.2) is 14.4 Å². The lowest BCUT2D eigenvalue weighted by atomic mass is 10.1. The highest BCUT2D eigenvalue weighted by Gasteiger charge is 2.15. The topological polar surface area (TPSA) is 64.1 Å². The molecule has 0 unspecified atom stereocenters. The zero-order valence-electron chi connectivity index (χ0n) is 18.1. The summed E-state index contributed by atoms with van der Waals surface area (Å²) >= 11 is 0. The number of amides is 1. The SMILES string of the molecule is Cc1nc2cc(F)cc(C(=O)NCc3ccc(COCc4ccccc4)cc3)c2nc1C. The summed E-state index contributed by atoms with van der Waals surface area (Å²) in [5, 5.41) is 2.85. The molecule has 0 atom stereocenters. The van der Waals surface area contributed by atoms with Gasteiger partial charge in [-0.3, -0.25) is 4.79 Å². The molecule has 1 heterocycles. The number of carbonyl (C=O) groups is 1. The second kappa shape index (κ2) is 9.66. The average molecular weight is 429 g/mol. The first-order valence-electron chi connectivity index (χ1n) is 10.4. The number of ether oxygens (including phenoxy) is 1. The molecule has 4 aromatic rings. The van der Waals surface area contributed by atoms with E-state index in [1.54, 1.807) is 0 Å². The Morgan fingerprint density at radius 1 is 0.875 bits per heavy atom. The molecule has 0 aliphatic carbocycles. The minimum atomic E-state index is -0.514. The Morgan fingerprint density at radius 2 is 1.50 bits per heavy atom. The summed E-state index contributed by atoms with van der Waals surface area (Å²) in [6.45, 7) is 5.01. The summed E-state index contributed by atoms with van der Waals surface area (Å²) in [4.78, 5) is 21.6. The van der Waals surface area contributed by atoms with Crippen LogP contribution in [0.5, 0.6) is 0 Å². The Kier molecular flexibility index (Phi) is 6.52. The summed E-state index contributed by atoms with van der Waals surface area (Å²) < 4.78 is 19.8. The summed E-state index contributed by atoms with van der Waals surface area (Å²) in [5.41, 5.74) is 5.49. The second-order valence-electron chi connectivity index (χ2n) is 7.69. The lowest BCUT2D eigenvalue weighted by Crippen LogP contribution is -2.23. The van der Waals surface area contributed by atoms with Gasteiger partial charge in [0.1, 0.15) is 11.3 Å². The highest BCUT2D eigenvalue weighted by molar-refractivity contribution is 6.04. The summed E-state index contributed by atoms with van der Waals surface area (Å²) in [6, 6.07) is 20.3. The molecule has 0 aliphatic heterocycles. The number of aromatic nitrogens is 2. The van der Waals surface area contributed by atoms with Crippen molar-refractivity contribution in [1.82, 2.24) is 15.3 Å². The van der Waals surface area contributed by atoms with Gasteiger partial charge in [0.2, 0.25) is 0 Å². The maximum atomic E-state index is 14.0. The zero-order chi connectivity index (χ0) is 22.5. The third-order valence-corrected chi connectivity index (χ3v) is 5.25. The van der Waals surface area contributed by atoms with Gasteiger partial charge < -0.3 is 10.1 Å². The van der Waals surface area contributed by atoms with Gasteiger partial charge in [-0.1, -0.05) is 54.6 Å². The van der Waals surface area contributed by atoms with E-state index in [-0.39, 0.29) is 11.5 Å². The maximum Gasteiger partial charge on any atom is 0.253 e. The number of halogens is 1. The van der Waals surface area contributed by atoms with Gasteiger partial charge in [-0.05, 0) is 36.6 Å². The number of nitrogens with zero attached hydrogens (tertiary/aromatic N) is 2. The molecule has 3 aromatic carbocycles. The second-order valence-corrected chi connectivity index (χ2v) is 7.69. The molecule has 32 heavy (non-hydrogen) atoms. The van der Waals surface area contributed by atoms with Crippen molar-refractivity contribution < 1.29 is 13.9 Å². The van der Waals surface area contributed by atoms with Crippen molar-refractivity contribution in [3.05, 3.63) is 106 Å². The van der Waals surface area contributed by atoms with Gasteiger partial charge in [0, 0.05) is 12.6 Å². The number of hydrogen-bond acceptors (Lipinski definition) is 4. The minimum Gasteiger partial charge on any atom is -0.372 e. The van der Waals surface area contributed by atoms with E-state index in [1.165, 1.54) is 12.1 Å². The van der Waals surface area contributed by atoms with Crippen LogP contribution < -0.4 is 5.32 Å². The van der Waals surface area contributed by atoms with Gasteiger partial charge in [0.25, 0.3) is 5.91 Å². The molecule has 6 heteroatoms. The van der Waals surface area contributed by atoms with Crippen LogP contribution in [0.25, 0.3) is 11.0 Å². The van der Waals surface area contributed by atoms with Crippen LogP contribution in [0.15, 0.2) is 66.7 Å². The van der Waals surface area contributed by atoms with Crippen molar-refractivity contribution in [3.63, 3.8) is 0 Å². The van der Waals surface area contributed by atoms with Gasteiger partial charge in [0.15, 0.2) is 0 Å². The molecule has 0 aliphatic rings. The van der Waals surface area contributed by atoms with Crippen LogP contribution >= 0.6 is 0 Å². The highest BCUT2D eigenvalue weighted by Crippen LogP contribution is 2.19. The van der Waals surface area contributed by atoms with E-state index < -0.39 is 5.82 Å². The number of aryl methyl sites for hydroxylation is 2. The summed E-state index contributed by atoms with van der Waals surface area (Å²) in [7, 11) is 0. The van der Waals surface area contributed by atoms with Crippen LogP contribution in [0.1, 0.15) is 38.4 Å².